The molecule has 5 rings (SSSR count). The highest BCUT2D eigenvalue weighted by Gasteiger charge is 2.52. The third-order valence-electron chi connectivity index (χ3n) is 6.14. The minimum absolute atomic E-state index is 0.0179. The highest BCUT2D eigenvalue weighted by molar-refractivity contribution is 5.94. The molecule has 0 aliphatic carbocycles. The average molecular weight is 431 g/mol. The van der Waals surface area contributed by atoms with Gasteiger partial charge in [0, 0.05) is 6.07 Å². The second-order valence-electron chi connectivity index (χ2n) is 8.89. The first-order valence-corrected chi connectivity index (χ1v) is 10.4. The number of esters is 1. The Morgan fingerprint density at radius 2 is 1.81 bits per heavy atom. The van der Waals surface area contributed by atoms with Crippen LogP contribution in [-0.4, -0.2) is 32.0 Å². The summed E-state index contributed by atoms with van der Waals surface area (Å²) >= 11 is 0. The highest BCUT2D eigenvalue weighted by atomic mass is 16.6. The number of imidazole rings is 1. The van der Waals surface area contributed by atoms with Crippen LogP contribution >= 0.6 is 0 Å². The third-order valence-corrected chi connectivity index (χ3v) is 6.14. The summed E-state index contributed by atoms with van der Waals surface area (Å²) in [6.07, 6.45) is 1.45. The first-order valence-electron chi connectivity index (χ1n) is 10.4. The number of nitrogens with zero attached hydrogens (tertiary/aromatic N) is 4. The van der Waals surface area contributed by atoms with E-state index < -0.39 is 11.5 Å². The van der Waals surface area contributed by atoms with Crippen molar-refractivity contribution >= 4 is 28.7 Å². The van der Waals surface area contributed by atoms with Crippen LogP contribution in [0, 0.1) is 0 Å². The van der Waals surface area contributed by atoms with E-state index >= 15 is 0 Å². The second-order valence-corrected chi connectivity index (χ2v) is 8.89. The Morgan fingerprint density at radius 3 is 2.53 bits per heavy atom. The maximum atomic E-state index is 13.1. The van der Waals surface area contributed by atoms with Crippen LogP contribution in [-0.2, 0) is 11.3 Å². The molecule has 1 aliphatic heterocycles. The molecule has 0 spiro atoms. The minimum Gasteiger partial charge on any atom is -0.409 e. The zero-order valence-electron chi connectivity index (χ0n) is 18.3. The molecule has 3 heterocycles. The molecule has 8 nitrogen and oxygen atoms in total. The fourth-order valence-corrected chi connectivity index (χ4v) is 4.58. The Balaban J connectivity index is 1.61. The Hall–Kier alpha value is -3.78. The van der Waals surface area contributed by atoms with Crippen molar-refractivity contribution < 1.29 is 18.7 Å². The lowest BCUT2D eigenvalue weighted by Crippen LogP contribution is -2.65. The van der Waals surface area contributed by atoms with Crippen molar-refractivity contribution in [2.45, 2.75) is 39.8 Å². The van der Waals surface area contributed by atoms with Crippen LogP contribution in [0.25, 0.3) is 16.8 Å². The summed E-state index contributed by atoms with van der Waals surface area (Å²) in [6.45, 7) is 7.92. The number of hydrogen-bond acceptors (Lipinski definition) is 6. The lowest BCUT2D eigenvalue weighted by molar-refractivity contribution is -0.133. The highest BCUT2D eigenvalue weighted by Crippen LogP contribution is 2.44. The van der Waals surface area contributed by atoms with E-state index in [0.29, 0.717) is 16.8 Å². The molecule has 162 valence electrons. The van der Waals surface area contributed by atoms with Crippen molar-refractivity contribution in [1.29, 1.82) is 0 Å². The number of carbonyl (C=O) groups is 2. The van der Waals surface area contributed by atoms with E-state index in [2.05, 4.69) is 9.97 Å². The Bertz CT molecular complexity index is 1350. The number of oxazole rings is 1. The van der Waals surface area contributed by atoms with Gasteiger partial charge in [-0.3, -0.25) is 4.57 Å². The van der Waals surface area contributed by atoms with Crippen molar-refractivity contribution in [2.24, 2.45) is 0 Å². The maximum Gasteiger partial charge on any atom is 0.402 e. The van der Waals surface area contributed by atoms with Gasteiger partial charge in [0.2, 0.25) is 0 Å². The smallest absolute Gasteiger partial charge is 0.402 e. The summed E-state index contributed by atoms with van der Waals surface area (Å²) in [7, 11) is 0. The number of fused-ring (bicyclic) bond motifs is 4. The Morgan fingerprint density at radius 1 is 1.09 bits per heavy atom. The van der Waals surface area contributed by atoms with Crippen LogP contribution in [0.4, 0.5) is 5.69 Å². The standard InChI is InChI=1S/C24H23N4O4/c1-15(29)28(24(2,3)4)13-18-21(25-14-27(18)17-10-6-7-11-19(17)28)22(30)32-23-26-16-9-5-8-12-20(16)31-23/h5-12,14H,13H2,1-4H3/q+1. The van der Waals surface area contributed by atoms with Crippen molar-refractivity contribution in [3.8, 4) is 11.8 Å². The van der Waals surface area contributed by atoms with Gasteiger partial charge >= 0.3 is 18.0 Å². The summed E-state index contributed by atoms with van der Waals surface area (Å²) in [6, 6.07) is 14.9. The van der Waals surface area contributed by atoms with Gasteiger partial charge < -0.3 is 9.15 Å². The zero-order chi connectivity index (χ0) is 22.7. The normalized spacial score (nSPS) is 17.6. The minimum atomic E-state index is -0.680. The molecule has 4 aromatic rings. The number of para-hydroxylation sites is 4. The van der Waals surface area contributed by atoms with Crippen molar-refractivity contribution in [2.75, 3.05) is 0 Å². The SMILES string of the molecule is CC(=O)[N+]1(C(C)(C)C)Cc2c(C(=O)Oc3nc4ccccc4o3)ncn2-c2ccccc21. The molecule has 32 heavy (non-hydrogen) atoms. The number of benzene rings is 2. The fraction of sp³-hybridized carbons (Fsp3) is 0.250. The molecule has 8 heteroatoms. The predicted octanol–water partition coefficient (Wildman–Crippen LogP) is 4.40. The molecule has 0 N–H and O–H groups in total. The summed E-state index contributed by atoms with van der Waals surface area (Å²) in [5.74, 6) is -0.698. The first kappa shape index (κ1) is 20.1. The molecule has 0 radical (unpaired) electrons. The molecule has 1 unspecified atom stereocenters. The van der Waals surface area contributed by atoms with Gasteiger partial charge in [-0.25, -0.2) is 19.1 Å². The van der Waals surface area contributed by atoms with Crippen LogP contribution in [0.15, 0.2) is 59.3 Å². The largest absolute Gasteiger partial charge is 0.409 e. The number of hydrogen-bond donors (Lipinski definition) is 0. The number of quaternary nitrogens is 1. The molecule has 0 saturated carbocycles. The molecule has 2 aromatic heterocycles. The van der Waals surface area contributed by atoms with Gasteiger partial charge in [0.1, 0.15) is 35.3 Å². The Labute approximate surface area is 184 Å². The molecule has 1 amide bonds. The molecule has 2 aromatic carbocycles. The number of amides is 1. The number of ether oxygens (including phenoxy) is 1. The van der Waals surface area contributed by atoms with Gasteiger partial charge in [-0.1, -0.05) is 24.3 Å². The van der Waals surface area contributed by atoms with Crippen LogP contribution in [0.5, 0.6) is 6.08 Å². The van der Waals surface area contributed by atoms with E-state index in [1.165, 1.54) is 0 Å². The van der Waals surface area contributed by atoms with E-state index in [-0.39, 0.29) is 28.7 Å². The van der Waals surface area contributed by atoms with Gasteiger partial charge in [-0.15, -0.1) is 0 Å². The quantitative estimate of drug-likeness (QED) is 0.345. The van der Waals surface area contributed by atoms with Gasteiger partial charge in [-0.05, 0) is 39.0 Å². The predicted molar refractivity (Wildman–Crippen MR) is 118 cm³/mol. The topological polar surface area (TPSA) is 87.2 Å². The van der Waals surface area contributed by atoms with Crippen molar-refractivity contribution in [3.05, 3.63) is 66.2 Å². The van der Waals surface area contributed by atoms with E-state index in [0.717, 1.165) is 11.4 Å². The van der Waals surface area contributed by atoms with E-state index in [9.17, 15) is 9.59 Å². The lowest BCUT2D eigenvalue weighted by atomic mass is 9.95. The molecular formula is C24H23N4O4+. The second kappa shape index (κ2) is 6.86. The third kappa shape index (κ3) is 2.80. The molecule has 0 saturated heterocycles. The molecular weight excluding hydrogens is 408 g/mol. The molecule has 0 bridgehead atoms. The fourth-order valence-electron chi connectivity index (χ4n) is 4.58. The van der Waals surface area contributed by atoms with E-state index in [4.69, 9.17) is 9.15 Å². The van der Waals surface area contributed by atoms with Gasteiger partial charge in [0.15, 0.2) is 17.0 Å². The summed E-state index contributed by atoms with van der Waals surface area (Å²) in [5.41, 5.74) is 3.08. The lowest BCUT2D eigenvalue weighted by Gasteiger charge is -2.47. The number of rotatable bonds is 2. The Kier molecular flexibility index (Phi) is 4.32. The van der Waals surface area contributed by atoms with Gasteiger partial charge in [-0.2, -0.15) is 4.98 Å². The first-order chi connectivity index (χ1) is 15.2. The zero-order valence-corrected chi connectivity index (χ0v) is 18.3. The van der Waals surface area contributed by atoms with Crippen LogP contribution in [0.2, 0.25) is 0 Å². The van der Waals surface area contributed by atoms with Gasteiger partial charge in [0.05, 0.1) is 6.92 Å². The number of aromatic nitrogens is 3. The van der Waals surface area contributed by atoms with Crippen LogP contribution in [0.3, 0.4) is 0 Å². The van der Waals surface area contributed by atoms with Crippen LogP contribution in [0.1, 0.15) is 43.9 Å². The average Bonchev–Trinajstić information content (AvgIpc) is 3.35. The molecule has 1 aliphatic rings. The van der Waals surface area contributed by atoms with Gasteiger partial charge in [0.25, 0.3) is 0 Å². The van der Waals surface area contributed by atoms with Crippen molar-refractivity contribution in [3.63, 3.8) is 0 Å². The summed E-state index contributed by atoms with van der Waals surface area (Å²) in [4.78, 5) is 34.8. The molecule has 0 fully saturated rings. The maximum absolute atomic E-state index is 13.1. The molecule has 1 atom stereocenters. The number of carbonyl (C=O) groups excluding carboxylic acids is 2. The van der Waals surface area contributed by atoms with Crippen LogP contribution < -0.4 is 9.22 Å². The monoisotopic (exact) mass is 431 g/mol. The van der Waals surface area contributed by atoms with E-state index in [1.807, 2.05) is 61.7 Å². The summed E-state index contributed by atoms with van der Waals surface area (Å²) < 4.78 is 12.9. The summed E-state index contributed by atoms with van der Waals surface area (Å²) in [5, 5.41) is 0. The van der Waals surface area contributed by atoms with E-state index in [1.54, 1.807) is 25.4 Å². The van der Waals surface area contributed by atoms with Crippen molar-refractivity contribution in [1.82, 2.24) is 19.0 Å².